The molecule has 1 atom stereocenters. The summed E-state index contributed by atoms with van der Waals surface area (Å²) in [6.45, 7) is 0.137. The first-order valence-corrected chi connectivity index (χ1v) is 11.7. The molecule has 0 amide bonds. The van der Waals surface area contributed by atoms with Crippen LogP contribution in [0.15, 0.2) is 29.3 Å². The topological polar surface area (TPSA) is 106 Å². The van der Waals surface area contributed by atoms with E-state index < -0.39 is 44.6 Å². The maximum atomic E-state index is 15.2. The van der Waals surface area contributed by atoms with Gasteiger partial charge in [0.1, 0.15) is 5.69 Å². The molecule has 14 heteroatoms. The van der Waals surface area contributed by atoms with Crippen molar-refractivity contribution >= 4 is 49.8 Å². The molecule has 3 aromatic rings. The predicted octanol–water partition coefficient (Wildman–Crippen LogP) is 3.13. The molecular weight excluding hydrogens is 499 g/mol. The summed E-state index contributed by atoms with van der Waals surface area (Å²) in [7, 11) is -1.39. The first-order valence-electron chi connectivity index (χ1n) is 9.92. The Labute approximate surface area is 197 Å². The lowest BCUT2D eigenvalue weighted by atomic mass is 10.2. The molecule has 1 aliphatic rings. The molecule has 0 spiro atoms. The molecule has 1 saturated heterocycles. The highest BCUT2D eigenvalue weighted by Crippen LogP contribution is 2.35. The Morgan fingerprint density at radius 1 is 1.21 bits per heavy atom. The van der Waals surface area contributed by atoms with Gasteiger partial charge in [-0.2, -0.15) is 12.7 Å². The summed E-state index contributed by atoms with van der Waals surface area (Å²) in [4.78, 5) is 16.5. The monoisotopic (exact) mass is 517 g/mol. The maximum Gasteiger partial charge on any atom is 0.301 e. The summed E-state index contributed by atoms with van der Waals surface area (Å²) in [6.07, 6.45) is 1.38. The van der Waals surface area contributed by atoms with Crippen molar-refractivity contribution in [2.45, 2.75) is 12.5 Å². The van der Waals surface area contributed by atoms with E-state index in [1.807, 2.05) is 4.72 Å². The van der Waals surface area contributed by atoms with Crippen LogP contribution in [0.3, 0.4) is 0 Å². The van der Waals surface area contributed by atoms with E-state index in [1.165, 1.54) is 37.2 Å². The zero-order chi connectivity index (χ0) is 24.8. The van der Waals surface area contributed by atoms with Gasteiger partial charge in [0.05, 0.1) is 39.7 Å². The molecule has 2 N–H and O–H groups in total. The molecular formula is C20H19ClF3N5O4S. The predicted molar refractivity (Wildman–Crippen MR) is 121 cm³/mol. The van der Waals surface area contributed by atoms with Crippen LogP contribution in [-0.2, 0) is 22.0 Å². The normalized spacial score (nSPS) is 16.8. The van der Waals surface area contributed by atoms with E-state index in [1.54, 1.807) is 0 Å². The number of hydrogen-bond acceptors (Lipinski definition) is 6. The molecule has 4 rings (SSSR count). The standard InChI is InChI=1S/C20H19ClF3N5O4S/c1-28-9-25-12-3-4-13(16(21)15(12)20(28)30)26-19-17(23)11(22)7-14(18(19)24)27-34(31,32)29-6-5-10(8-29)33-2/h3-4,7,9-10,26-27H,5-6,8H2,1-2H3/t10-/m1/s1. The first kappa shape index (κ1) is 24.3. The van der Waals surface area contributed by atoms with Crippen molar-refractivity contribution in [3.8, 4) is 0 Å². The Morgan fingerprint density at radius 3 is 2.62 bits per heavy atom. The minimum Gasteiger partial charge on any atom is -0.380 e. The molecule has 1 aliphatic heterocycles. The van der Waals surface area contributed by atoms with E-state index in [2.05, 4.69) is 10.3 Å². The number of anilines is 3. The molecule has 2 heterocycles. The van der Waals surface area contributed by atoms with Gasteiger partial charge in [0.25, 0.3) is 5.56 Å². The lowest BCUT2D eigenvalue weighted by Crippen LogP contribution is -2.35. The molecule has 1 fully saturated rings. The molecule has 0 bridgehead atoms. The second-order valence-electron chi connectivity index (χ2n) is 7.63. The Bertz CT molecular complexity index is 1450. The van der Waals surface area contributed by atoms with E-state index in [9.17, 15) is 22.0 Å². The van der Waals surface area contributed by atoms with Crippen molar-refractivity contribution < 1.29 is 26.3 Å². The lowest BCUT2D eigenvalue weighted by molar-refractivity contribution is 0.115. The maximum absolute atomic E-state index is 15.2. The molecule has 2 aromatic carbocycles. The number of benzene rings is 2. The fourth-order valence-electron chi connectivity index (χ4n) is 3.59. The molecule has 9 nitrogen and oxygen atoms in total. The Hall–Kier alpha value is -2.87. The Balaban J connectivity index is 1.72. The van der Waals surface area contributed by atoms with E-state index >= 15 is 4.39 Å². The number of rotatable bonds is 6. The zero-order valence-electron chi connectivity index (χ0n) is 17.9. The van der Waals surface area contributed by atoms with Gasteiger partial charge >= 0.3 is 10.2 Å². The smallest absolute Gasteiger partial charge is 0.301 e. The highest BCUT2D eigenvalue weighted by atomic mass is 35.5. The van der Waals surface area contributed by atoms with Gasteiger partial charge in [0, 0.05) is 33.3 Å². The van der Waals surface area contributed by atoms with Crippen LogP contribution >= 0.6 is 11.6 Å². The van der Waals surface area contributed by atoms with Crippen LogP contribution in [0, 0.1) is 17.5 Å². The number of fused-ring (bicyclic) bond motifs is 1. The second kappa shape index (κ2) is 9.06. The Morgan fingerprint density at radius 2 is 1.94 bits per heavy atom. The van der Waals surface area contributed by atoms with Crippen LogP contribution in [0.4, 0.5) is 30.2 Å². The van der Waals surface area contributed by atoms with Crippen molar-refractivity contribution in [3.05, 3.63) is 57.4 Å². The fourth-order valence-corrected chi connectivity index (χ4v) is 5.14. The summed E-state index contributed by atoms with van der Waals surface area (Å²) in [5, 5.41) is 2.12. The van der Waals surface area contributed by atoms with Crippen LogP contribution in [0.2, 0.25) is 5.02 Å². The van der Waals surface area contributed by atoms with Crippen LogP contribution < -0.4 is 15.6 Å². The summed E-state index contributed by atoms with van der Waals surface area (Å²) >= 11 is 6.29. The molecule has 182 valence electrons. The number of nitrogens with zero attached hydrogens (tertiary/aromatic N) is 3. The Kier molecular flexibility index (Phi) is 6.46. The number of halogens is 4. The number of nitrogens with one attached hydrogen (secondary N) is 2. The summed E-state index contributed by atoms with van der Waals surface area (Å²) < 4.78 is 78.6. The van der Waals surface area contributed by atoms with Crippen LogP contribution in [-0.4, -0.2) is 48.6 Å². The van der Waals surface area contributed by atoms with Gasteiger partial charge < -0.3 is 14.6 Å². The number of methoxy groups -OCH3 is 1. The molecule has 1 aromatic heterocycles. The van der Waals surface area contributed by atoms with Gasteiger partial charge in [0.15, 0.2) is 17.5 Å². The molecule has 0 unspecified atom stereocenters. The highest BCUT2D eigenvalue weighted by molar-refractivity contribution is 7.90. The minimum atomic E-state index is -4.28. The highest BCUT2D eigenvalue weighted by Gasteiger charge is 2.33. The molecule has 0 radical (unpaired) electrons. The average molecular weight is 518 g/mol. The number of hydrogen-bond donors (Lipinski definition) is 2. The minimum absolute atomic E-state index is 0.0171. The molecule has 0 aliphatic carbocycles. The van der Waals surface area contributed by atoms with Gasteiger partial charge in [-0.05, 0) is 18.6 Å². The molecule has 0 saturated carbocycles. The third-order valence-corrected chi connectivity index (χ3v) is 7.34. The quantitative estimate of drug-likeness (QED) is 0.487. The van der Waals surface area contributed by atoms with Gasteiger partial charge in [-0.1, -0.05) is 11.6 Å². The third-order valence-electron chi connectivity index (χ3n) is 5.46. The summed E-state index contributed by atoms with van der Waals surface area (Å²) in [5.41, 5.74) is -2.17. The number of aryl methyl sites for hydroxylation is 1. The second-order valence-corrected chi connectivity index (χ2v) is 9.68. The van der Waals surface area contributed by atoms with E-state index in [-0.39, 0.29) is 40.8 Å². The van der Waals surface area contributed by atoms with Gasteiger partial charge in [0.2, 0.25) is 0 Å². The summed E-state index contributed by atoms with van der Waals surface area (Å²) in [6, 6.07) is 3.10. The van der Waals surface area contributed by atoms with Crippen molar-refractivity contribution in [1.82, 2.24) is 13.9 Å². The fraction of sp³-hybridized carbons (Fsp3) is 0.300. The van der Waals surface area contributed by atoms with Crippen LogP contribution in [0.25, 0.3) is 10.9 Å². The van der Waals surface area contributed by atoms with E-state index in [0.717, 1.165) is 4.31 Å². The van der Waals surface area contributed by atoms with Crippen molar-refractivity contribution in [3.63, 3.8) is 0 Å². The largest absolute Gasteiger partial charge is 0.380 e. The molecule has 34 heavy (non-hydrogen) atoms. The van der Waals surface area contributed by atoms with Gasteiger partial charge in [-0.15, -0.1) is 0 Å². The van der Waals surface area contributed by atoms with Crippen LogP contribution in [0.5, 0.6) is 0 Å². The number of aromatic nitrogens is 2. The van der Waals surface area contributed by atoms with E-state index in [0.29, 0.717) is 12.5 Å². The van der Waals surface area contributed by atoms with Gasteiger partial charge in [-0.3, -0.25) is 9.52 Å². The van der Waals surface area contributed by atoms with Crippen molar-refractivity contribution in [2.24, 2.45) is 7.05 Å². The zero-order valence-corrected chi connectivity index (χ0v) is 19.5. The third kappa shape index (κ3) is 4.31. The van der Waals surface area contributed by atoms with Crippen molar-refractivity contribution in [1.29, 1.82) is 0 Å². The SMILES string of the molecule is CO[C@@H]1CCN(S(=O)(=O)Nc2cc(F)c(F)c(Nc3ccc4ncn(C)c(=O)c4c3Cl)c2F)C1. The van der Waals surface area contributed by atoms with Gasteiger partial charge in [-0.25, -0.2) is 18.2 Å². The lowest BCUT2D eigenvalue weighted by Gasteiger charge is -2.19. The summed E-state index contributed by atoms with van der Waals surface area (Å²) in [5.74, 6) is -4.51. The van der Waals surface area contributed by atoms with Crippen molar-refractivity contribution in [2.75, 3.05) is 30.2 Å². The number of ether oxygens (including phenoxy) is 1. The van der Waals surface area contributed by atoms with E-state index in [4.69, 9.17) is 16.3 Å². The van der Waals surface area contributed by atoms with Crippen LogP contribution in [0.1, 0.15) is 6.42 Å². The first-order chi connectivity index (χ1) is 16.0. The average Bonchev–Trinajstić information content (AvgIpc) is 3.29.